The van der Waals surface area contributed by atoms with Crippen LogP contribution in [0.15, 0.2) is 53.1 Å². The molecule has 0 unspecified atom stereocenters. The van der Waals surface area contributed by atoms with Gasteiger partial charge in [-0.25, -0.2) is 4.39 Å². The molecule has 2 aromatic carbocycles. The van der Waals surface area contributed by atoms with Crippen molar-refractivity contribution in [1.29, 1.82) is 0 Å². The molecule has 1 fully saturated rings. The fourth-order valence-corrected chi connectivity index (χ4v) is 4.52. The molecular formula is C26H31FN4O3. The van der Waals surface area contributed by atoms with E-state index in [1.807, 2.05) is 36.4 Å². The first-order chi connectivity index (χ1) is 16.6. The Bertz CT molecular complexity index is 1080. The number of halogens is 1. The third kappa shape index (κ3) is 5.51. The SMILES string of the molecule is CN(CCCN1CCN(c2ccc(F)cc2)CC1)Cc1cc(-c2ccc3c(c2)OCCO3)no1. The summed E-state index contributed by atoms with van der Waals surface area (Å²) >= 11 is 0. The zero-order valence-corrected chi connectivity index (χ0v) is 19.6. The van der Waals surface area contributed by atoms with Crippen molar-refractivity contribution in [2.45, 2.75) is 13.0 Å². The van der Waals surface area contributed by atoms with Crippen LogP contribution < -0.4 is 14.4 Å². The van der Waals surface area contributed by atoms with Gasteiger partial charge in [-0.1, -0.05) is 5.16 Å². The summed E-state index contributed by atoms with van der Waals surface area (Å²) < 4.78 is 30.0. The number of ether oxygens (including phenoxy) is 2. The average molecular weight is 467 g/mol. The molecule has 0 spiro atoms. The lowest BCUT2D eigenvalue weighted by atomic mass is 10.1. The van der Waals surface area contributed by atoms with Crippen LogP contribution >= 0.6 is 0 Å². The van der Waals surface area contributed by atoms with E-state index in [1.165, 1.54) is 12.1 Å². The molecule has 0 atom stereocenters. The second kappa shape index (κ2) is 10.4. The molecule has 0 aliphatic carbocycles. The number of piperazine rings is 1. The standard InChI is InChI=1S/C26H31FN4O3/c1-29(9-2-10-30-11-13-31(14-12-30)22-6-4-21(27)5-7-22)19-23-18-24(28-34-23)20-3-8-25-26(17-20)33-16-15-32-25/h3-8,17-18H,2,9-16,19H2,1H3. The summed E-state index contributed by atoms with van der Waals surface area (Å²) in [6.45, 7) is 7.93. The number of anilines is 1. The maximum Gasteiger partial charge on any atom is 0.162 e. The van der Waals surface area contributed by atoms with E-state index in [4.69, 9.17) is 14.0 Å². The van der Waals surface area contributed by atoms with Crippen molar-refractivity contribution >= 4 is 5.69 Å². The second-order valence-corrected chi connectivity index (χ2v) is 8.93. The number of hydrogen-bond donors (Lipinski definition) is 0. The summed E-state index contributed by atoms with van der Waals surface area (Å²) in [6.07, 6.45) is 1.09. The molecule has 0 N–H and O–H groups in total. The minimum absolute atomic E-state index is 0.184. The zero-order chi connectivity index (χ0) is 23.3. The van der Waals surface area contributed by atoms with Crippen LogP contribution in [0.4, 0.5) is 10.1 Å². The molecule has 1 saturated heterocycles. The van der Waals surface area contributed by atoms with Crippen molar-refractivity contribution in [2.75, 3.05) is 64.4 Å². The topological polar surface area (TPSA) is 54.2 Å². The van der Waals surface area contributed by atoms with Gasteiger partial charge < -0.3 is 18.9 Å². The van der Waals surface area contributed by atoms with E-state index in [9.17, 15) is 4.39 Å². The normalized spacial score (nSPS) is 16.3. The molecule has 34 heavy (non-hydrogen) atoms. The summed E-state index contributed by atoms with van der Waals surface area (Å²) in [5.74, 6) is 2.19. The molecule has 3 aromatic rings. The molecule has 7 nitrogen and oxygen atoms in total. The summed E-state index contributed by atoms with van der Waals surface area (Å²) in [7, 11) is 2.11. The van der Waals surface area contributed by atoms with Crippen molar-refractivity contribution in [3.05, 3.63) is 60.1 Å². The minimum atomic E-state index is -0.184. The third-order valence-electron chi connectivity index (χ3n) is 6.40. The summed E-state index contributed by atoms with van der Waals surface area (Å²) in [6, 6.07) is 14.6. The Morgan fingerprint density at radius 1 is 0.941 bits per heavy atom. The maximum atomic E-state index is 13.1. The molecule has 2 aliphatic rings. The number of rotatable bonds is 8. The van der Waals surface area contributed by atoms with Crippen molar-refractivity contribution in [2.24, 2.45) is 0 Å². The Balaban J connectivity index is 1.05. The first-order valence-electron chi connectivity index (χ1n) is 11.9. The molecule has 0 radical (unpaired) electrons. The van der Waals surface area contributed by atoms with E-state index in [0.717, 1.165) is 86.4 Å². The zero-order valence-electron chi connectivity index (χ0n) is 19.6. The first-order valence-corrected chi connectivity index (χ1v) is 11.9. The van der Waals surface area contributed by atoms with Crippen LogP contribution in [0.3, 0.4) is 0 Å². The smallest absolute Gasteiger partial charge is 0.162 e. The molecule has 1 aromatic heterocycles. The lowest BCUT2D eigenvalue weighted by Gasteiger charge is -2.36. The lowest BCUT2D eigenvalue weighted by Crippen LogP contribution is -2.47. The van der Waals surface area contributed by atoms with Crippen LogP contribution in [0.25, 0.3) is 11.3 Å². The Labute approximate surface area is 199 Å². The maximum absolute atomic E-state index is 13.1. The monoisotopic (exact) mass is 466 g/mol. The van der Waals surface area contributed by atoms with Crippen LogP contribution in [-0.2, 0) is 6.54 Å². The quantitative estimate of drug-likeness (QED) is 0.499. The van der Waals surface area contributed by atoms with E-state index in [0.29, 0.717) is 13.2 Å². The number of benzene rings is 2. The van der Waals surface area contributed by atoms with Gasteiger partial charge >= 0.3 is 0 Å². The van der Waals surface area contributed by atoms with Gasteiger partial charge in [0.15, 0.2) is 17.3 Å². The van der Waals surface area contributed by atoms with E-state index < -0.39 is 0 Å². The van der Waals surface area contributed by atoms with E-state index in [1.54, 1.807) is 0 Å². The highest BCUT2D eigenvalue weighted by molar-refractivity contribution is 5.64. The van der Waals surface area contributed by atoms with Gasteiger partial charge in [0.25, 0.3) is 0 Å². The van der Waals surface area contributed by atoms with Crippen LogP contribution in [0.1, 0.15) is 12.2 Å². The van der Waals surface area contributed by atoms with E-state index in [2.05, 4.69) is 26.9 Å². The van der Waals surface area contributed by atoms with Crippen molar-refractivity contribution in [1.82, 2.24) is 15.0 Å². The predicted octanol–water partition coefficient (Wildman–Crippen LogP) is 3.90. The fourth-order valence-electron chi connectivity index (χ4n) is 4.52. The highest BCUT2D eigenvalue weighted by Crippen LogP contribution is 2.34. The molecular weight excluding hydrogens is 435 g/mol. The third-order valence-corrected chi connectivity index (χ3v) is 6.40. The van der Waals surface area contributed by atoms with Crippen LogP contribution in [0.5, 0.6) is 11.5 Å². The van der Waals surface area contributed by atoms with Crippen LogP contribution in [0, 0.1) is 5.82 Å². The van der Waals surface area contributed by atoms with Gasteiger partial charge in [0.1, 0.15) is 24.7 Å². The number of fused-ring (bicyclic) bond motifs is 1. The Morgan fingerprint density at radius 3 is 2.50 bits per heavy atom. The summed E-state index contributed by atoms with van der Waals surface area (Å²) in [4.78, 5) is 7.09. The van der Waals surface area contributed by atoms with Gasteiger partial charge in [-0.05, 0) is 69.0 Å². The highest BCUT2D eigenvalue weighted by Gasteiger charge is 2.18. The molecule has 5 rings (SSSR count). The van der Waals surface area contributed by atoms with Crippen molar-refractivity contribution < 1.29 is 18.4 Å². The average Bonchev–Trinajstić information content (AvgIpc) is 3.33. The molecule has 0 bridgehead atoms. The van der Waals surface area contributed by atoms with Gasteiger partial charge in [-0.2, -0.15) is 0 Å². The number of aromatic nitrogens is 1. The Hall–Kier alpha value is -3.10. The molecule has 3 heterocycles. The van der Waals surface area contributed by atoms with Gasteiger partial charge in [0.05, 0.1) is 6.54 Å². The van der Waals surface area contributed by atoms with E-state index in [-0.39, 0.29) is 5.82 Å². The molecule has 8 heteroatoms. The van der Waals surface area contributed by atoms with Gasteiger partial charge in [-0.15, -0.1) is 0 Å². The molecule has 2 aliphatic heterocycles. The Kier molecular flexibility index (Phi) is 6.97. The highest BCUT2D eigenvalue weighted by atomic mass is 19.1. The molecule has 0 amide bonds. The van der Waals surface area contributed by atoms with Gasteiger partial charge in [0.2, 0.25) is 0 Å². The lowest BCUT2D eigenvalue weighted by molar-refractivity contribution is 0.171. The Morgan fingerprint density at radius 2 is 1.71 bits per heavy atom. The molecule has 180 valence electrons. The second-order valence-electron chi connectivity index (χ2n) is 8.93. The van der Waals surface area contributed by atoms with E-state index >= 15 is 0 Å². The van der Waals surface area contributed by atoms with Crippen molar-refractivity contribution in [3.63, 3.8) is 0 Å². The fraction of sp³-hybridized carbons (Fsp3) is 0.423. The van der Waals surface area contributed by atoms with Crippen LogP contribution in [0.2, 0.25) is 0 Å². The number of nitrogens with zero attached hydrogens (tertiary/aromatic N) is 4. The number of hydrogen-bond acceptors (Lipinski definition) is 7. The van der Waals surface area contributed by atoms with Gasteiger partial charge in [0, 0.05) is 43.5 Å². The first kappa shape index (κ1) is 22.7. The van der Waals surface area contributed by atoms with Gasteiger partial charge in [-0.3, -0.25) is 9.80 Å². The summed E-state index contributed by atoms with van der Waals surface area (Å²) in [5.41, 5.74) is 2.87. The minimum Gasteiger partial charge on any atom is -0.486 e. The predicted molar refractivity (Wildman–Crippen MR) is 129 cm³/mol. The van der Waals surface area contributed by atoms with Crippen molar-refractivity contribution in [3.8, 4) is 22.8 Å². The van der Waals surface area contributed by atoms with Crippen LogP contribution in [-0.4, -0.2) is 74.5 Å². The largest absolute Gasteiger partial charge is 0.486 e. The molecule has 0 saturated carbocycles. The summed E-state index contributed by atoms with van der Waals surface area (Å²) in [5, 5.41) is 4.25.